The predicted molar refractivity (Wildman–Crippen MR) is 111 cm³/mol. The minimum atomic E-state index is -1.17. The van der Waals surface area contributed by atoms with Gasteiger partial charge in [0.15, 0.2) is 0 Å². The van der Waals surface area contributed by atoms with Gasteiger partial charge in [-0.05, 0) is 22.3 Å². The van der Waals surface area contributed by atoms with Crippen LogP contribution in [0.4, 0.5) is 4.79 Å². The number of carboxylic acids is 1. The topological polar surface area (TPSA) is 96.4 Å². The van der Waals surface area contributed by atoms with Crippen molar-refractivity contribution in [3.8, 4) is 11.1 Å². The molecule has 2 amide bonds. The molecule has 4 rings (SSSR count). The van der Waals surface area contributed by atoms with Gasteiger partial charge in [0.2, 0.25) is 5.91 Å². The molecule has 1 atom stereocenters. The number of carboxylic acid groups (broad SMARTS) is 1. The highest BCUT2D eigenvalue weighted by atomic mass is 16.6. The Morgan fingerprint density at radius 3 is 2.29 bits per heavy atom. The van der Waals surface area contributed by atoms with Crippen molar-refractivity contribution < 1.29 is 29.0 Å². The number of rotatable bonds is 6. The van der Waals surface area contributed by atoms with Crippen molar-refractivity contribution in [2.24, 2.45) is 0 Å². The van der Waals surface area contributed by atoms with E-state index in [2.05, 4.69) is 0 Å². The fourth-order valence-electron chi connectivity index (χ4n) is 4.18. The first kappa shape index (κ1) is 20.9. The van der Waals surface area contributed by atoms with Crippen LogP contribution in [0.3, 0.4) is 0 Å². The maximum Gasteiger partial charge on any atom is 0.410 e. The molecule has 1 heterocycles. The molecular weight excluding hydrogens is 400 g/mol. The molecule has 2 aliphatic rings. The van der Waals surface area contributed by atoms with Gasteiger partial charge in [-0.3, -0.25) is 14.5 Å². The molecule has 1 unspecified atom stereocenters. The summed E-state index contributed by atoms with van der Waals surface area (Å²) in [6, 6.07) is 14.8. The molecule has 1 aliphatic carbocycles. The van der Waals surface area contributed by atoms with Gasteiger partial charge in [0.25, 0.3) is 0 Å². The van der Waals surface area contributed by atoms with Crippen molar-refractivity contribution in [2.45, 2.75) is 18.4 Å². The first-order valence-corrected chi connectivity index (χ1v) is 10.1. The lowest BCUT2D eigenvalue weighted by Crippen LogP contribution is -2.50. The molecule has 8 nitrogen and oxygen atoms in total. The predicted octanol–water partition coefficient (Wildman–Crippen LogP) is 2.53. The third-order valence-electron chi connectivity index (χ3n) is 5.81. The highest BCUT2D eigenvalue weighted by Crippen LogP contribution is 2.44. The second kappa shape index (κ2) is 8.77. The van der Waals surface area contributed by atoms with Crippen molar-refractivity contribution in [3.63, 3.8) is 0 Å². The number of ether oxygens (including phenoxy) is 2. The van der Waals surface area contributed by atoms with Crippen LogP contribution in [-0.2, 0) is 19.1 Å². The Labute approximate surface area is 180 Å². The van der Waals surface area contributed by atoms with E-state index >= 15 is 0 Å². The van der Waals surface area contributed by atoms with Gasteiger partial charge in [-0.25, -0.2) is 4.79 Å². The third kappa shape index (κ3) is 4.11. The highest BCUT2D eigenvalue weighted by molar-refractivity contribution is 5.89. The lowest BCUT2D eigenvalue weighted by molar-refractivity contribution is -0.145. The van der Waals surface area contributed by atoms with E-state index in [9.17, 15) is 19.5 Å². The van der Waals surface area contributed by atoms with Crippen LogP contribution in [0, 0.1) is 0 Å². The largest absolute Gasteiger partial charge is 0.481 e. The smallest absolute Gasteiger partial charge is 0.410 e. The summed E-state index contributed by atoms with van der Waals surface area (Å²) in [7, 11) is 1.39. The van der Waals surface area contributed by atoms with Crippen LogP contribution in [-0.4, -0.2) is 72.5 Å². The summed E-state index contributed by atoms with van der Waals surface area (Å²) in [5, 5.41) is 9.25. The van der Waals surface area contributed by atoms with Crippen LogP contribution in [0.25, 0.3) is 11.1 Å². The number of fused-ring (bicyclic) bond motifs is 3. The van der Waals surface area contributed by atoms with Gasteiger partial charge in [-0.15, -0.1) is 0 Å². The summed E-state index contributed by atoms with van der Waals surface area (Å²) >= 11 is 0. The minimum absolute atomic E-state index is 0.0908. The molecule has 0 spiro atoms. The minimum Gasteiger partial charge on any atom is -0.481 e. The van der Waals surface area contributed by atoms with Gasteiger partial charge in [0.1, 0.15) is 19.4 Å². The Morgan fingerprint density at radius 1 is 1.13 bits per heavy atom. The Bertz CT molecular complexity index is 956. The lowest BCUT2D eigenvalue weighted by atomic mass is 9.98. The number of hydrogen-bond donors (Lipinski definition) is 1. The monoisotopic (exact) mass is 424 g/mol. The standard InChI is InChI=1S/C23H24N2O6/c1-24(20(12-21(26)27)22(28)25-10-11-30-14-25)23(29)31-13-19-17-8-4-2-6-15(17)16-7-3-5-9-18(16)19/h2-9,19-20H,10-14H2,1H3,(H,26,27). The normalized spacial score (nSPS) is 15.8. The molecule has 2 aromatic carbocycles. The van der Waals surface area contributed by atoms with Crippen molar-refractivity contribution >= 4 is 18.0 Å². The maximum absolute atomic E-state index is 12.8. The second-order valence-electron chi connectivity index (χ2n) is 7.67. The molecule has 31 heavy (non-hydrogen) atoms. The summed E-state index contributed by atoms with van der Waals surface area (Å²) in [5.41, 5.74) is 4.37. The van der Waals surface area contributed by atoms with E-state index in [0.717, 1.165) is 27.2 Å². The molecule has 0 saturated carbocycles. The zero-order chi connectivity index (χ0) is 22.0. The fraction of sp³-hybridized carbons (Fsp3) is 0.348. The number of amides is 2. The number of benzene rings is 2. The van der Waals surface area contributed by atoms with Gasteiger partial charge < -0.3 is 19.5 Å². The van der Waals surface area contributed by atoms with E-state index in [-0.39, 0.29) is 19.3 Å². The van der Waals surface area contributed by atoms with Crippen molar-refractivity contribution in [2.75, 3.05) is 33.5 Å². The molecule has 8 heteroatoms. The number of aliphatic carboxylic acids is 1. The zero-order valence-corrected chi connectivity index (χ0v) is 17.2. The molecule has 0 aromatic heterocycles. The second-order valence-corrected chi connectivity index (χ2v) is 7.67. The van der Waals surface area contributed by atoms with Crippen molar-refractivity contribution in [3.05, 3.63) is 59.7 Å². The summed E-state index contributed by atoms with van der Waals surface area (Å²) in [6.07, 6.45) is -1.24. The fourth-order valence-corrected chi connectivity index (χ4v) is 4.18. The summed E-state index contributed by atoms with van der Waals surface area (Å²) in [5.74, 6) is -1.75. The van der Waals surface area contributed by atoms with Crippen LogP contribution in [0.1, 0.15) is 23.5 Å². The van der Waals surface area contributed by atoms with Gasteiger partial charge in [-0.1, -0.05) is 48.5 Å². The maximum atomic E-state index is 12.8. The van der Waals surface area contributed by atoms with E-state index < -0.39 is 30.4 Å². The van der Waals surface area contributed by atoms with Crippen LogP contribution in [0.2, 0.25) is 0 Å². The van der Waals surface area contributed by atoms with Gasteiger partial charge in [0.05, 0.1) is 13.0 Å². The van der Waals surface area contributed by atoms with Crippen LogP contribution >= 0.6 is 0 Å². The van der Waals surface area contributed by atoms with Gasteiger partial charge in [-0.2, -0.15) is 0 Å². The molecular formula is C23H24N2O6. The van der Waals surface area contributed by atoms with Crippen LogP contribution in [0.5, 0.6) is 0 Å². The number of carbonyl (C=O) groups excluding carboxylic acids is 2. The van der Waals surface area contributed by atoms with Crippen molar-refractivity contribution in [1.29, 1.82) is 0 Å². The highest BCUT2D eigenvalue weighted by Gasteiger charge is 2.36. The number of nitrogens with zero attached hydrogens (tertiary/aromatic N) is 2. The average Bonchev–Trinajstić information content (AvgIpc) is 3.42. The van der Waals surface area contributed by atoms with E-state index in [1.165, 1.54) is 11.9 Å². The van der Waals surface area contributed by atoms with E-state index in [1.54, 1.807) is 0 Å². The Morgan fingerprint density at radius 2 is 1.74 bits per heavy atom. The molecule has 1 N–H and O–H groups in total. The average molecular weight is 424 g/mol. The van der Waals surface area contributed by atoms with E-state index in [4.69, 9.17) is 9.47 Å². The summed E-state index contributed by atoms with van der Waals surface area (Å²) in [6.45, 7) is 0.944. The molecule has 2 aromatic rings. The number of likely N-dealkylation sites (N-methyl/N-ethyl adjacent to an activating group) is 1. The molecule has 1 fully saturated rings. The molecule has 0 radical (unpaired) electrons. The van der Waals surface area contributed by atoms with Crippen LogP contribution < -0.4 is 0 Å². The van der Waals surface area contributed by atoms with Gasteiger partial charge in [0, 0.05) is 19.5 Å². The molecule has 1 aliphatic heterocycles. The van der Waals surface area contributed by atoms with Crippen molar-refractivity contribution in [1.82, 2.24) is 9.80 Å². The van der Waals surface area contributed by atoms with E-state index in [1.807, 2.05) is 48.5 Å². The molecule has 0 bridgehead atoms. The quantitative estimate of drug-likeness (QED) is 0.766. The zero-order valence-electron chi connectivity index (χ0n) is 17.2. The SMILES string of the molecule is CN(C(=O)OCC1c2ccccc2-c2ccccc21)C(CC(=O)O)C(=O)N1CCOC1. The third-order valence-corrected chi connectivity index (χ3v) is 5.81. The number of hydrogen-bond acceptors (Lipinski definition) is 5. The molecule has 162 valence electrons. The Hall–Kier alpha value is -3.39. The lowest BCUT2D eigenvalue weighted by Gasteiger charge is -2.29. The first-order valence-electron chi connectivity index (χ1n) is 10.1. The summed E-state index contributed by atoms with van der Waals surface area (Å²) in [4.78, 5) is 39.3. The Balaban J connectivity index is 1.48. The molecule has 1 saturated heterocycles. The van der Waals surface area contributed by atoms with Gasteiger partial charge >= 0.3 is 12.1 Å². The first-order chi connectivity index (χ1) is 15.0. The Kier molecular flexibility index (Phi) is 5.90. The number of carbonyl (C=O) groups is 3. The summed E-state index contributed by atoms with van der Waals surface area (Å²) < 4.78 is 10.7. The van der Waals surface area contributed by atoms with E-state index in [0.29, 0.717) is 13.2 Å². The van der Waals surface area contributed by atoms with Crippen LogP contribution in [0.15, 0.2) is 48.5 Å².